The number of nitrogens with one attached hydrogen (secondary N) is 1. The van der Waals surface area contributed by atoms with Crippen LogP contribution in [0.2, 0.25) is 0 Å². The molecular weight excluding hydrogens is 397 g/mol. The average Bonchev–Trinajstić information content (AvgIpc) is 2.77. The van der Waals surface area contributed by atoms with Crippen LogP contribution in [0.15, 0.2) is 78.9 Å². The Morgan fingerprint density at radius 2 is 1.77 bits per heavy atom. The predicted octanol–water partition coefficient (Wildman–Crippen LogP) is 5.08. The van der Waals surface area contributed by atoms with E-state index in [2.05, 4.69) is 5.32 Å². The fourth-order valence-corrected chi connectivity index (χ4v) is 2.95. The van der Waals surface area contributed by atoms with Crippen LogP contribution < -0.4 is 10.1 Å². The molecule has 31 heavy (non-hydrogen) atoms. The van der Waals surface area contributed by atoms with E-state index in [1.54, 1.807) is 48.5 Å². The average molecular weight is 419 g/mol. The van der Waals surface area contributed by atoms with Gasteiger partial charge >= 0.3 is 5.97 Å². The van der Waals surface area contributed by atoms with Crippen LogP contribution in [0.5, 0.6) is 5.75 Å². The largest absolute Gasteiger partial charge is 0.495 e. The lowest BCUT2D eigenvalue weighted by atomic mass is 10.1. The molecule has 158 valence electrons. The number of halogens is 1. The first-order valence-electron chi connectivity index (χ1n) is 9.61. The molecule has 5 nitrogen and oxygen atoms in total. The summed E-state index contributed by atoms with van der Waals surface area (Å²) in [4.78, 5) is 25.4. The zero-order valence-electron chi connectivity index (χ0n) is 17.2. The maximum absolute atomic E-state index is 13.3. The standard InChI is InChI=1S/C25H22FNO4/c1-17-11-13-22(30-2)21(15-17)27-25(29)24(19-8-4-3-5-9-19)31-23(28)14-12-18-7-6-10-20(26)16-18/h3-16,24H,1-2H3,(H,27,29)/b14-12+/t24-/m0/s1. The lowest BCUT2D eigenvalue weighted by Crippen LogP contribution is -2.25. The first kappa shape index (κ1) is 21.8. The number of carbonyl (C=O) groups excluding carboxylic acids is 2. The molecule has 0 aromatic heterocycles. The van der Waals surface area contributed by atoms with Gasteiger partial charge < -0.3 is 14.8 Å². The van der Waals surface area contributed by atoms with Gasteiger partial charge in [0, 0.05) is 11.6 Å². The Hall–Kier alpha value is -3.93. The van der Waals surface area contributed by atoms with Crippen molar-refractivity contribution in [1.29, 1.82) is 0 Å². The molecule has 3 rings (SSSR count). The van der Waals surface area contributed by atoms with Gasteiger partial charge in [-0.25, -0.2) is 9.18 Å². The second kappa shape index (κ2) is 10.2. The quantitative estimate of drug-likeness (QED) is 0.429. The summed E-state index contributed by atoms with van der Waals surface area (Å²) in [7, 11) is 1.51. The van der Waals surface area contributed by atoms with Crippen molar-refractivity contribution in [2.75, 3.05) is 12.4 Å². The summed E-state index contributed by atoms with van der Waals surface area (Å²) in [5, 5.41) is 2.77. The molecule has 0 spiro atoms. The molecular formula is C25H22FNO4. The summed E-state index contributed by atoms with van der Waals surface area (Å²) in [6.07, 6.45) is 1.40. The van der Waals surface area contributed by atoms with Gasteiger partial charge in [-0.15, -0.1) is 0 Å². The number of esters is 1. The maximum atomic E-state index is 13.3. The molecule has 0 fully saturated rings. The van der Waals surface area contributed by atoms with Gasteiger partial charge in [0.25, 0.3) is 5.91 Å². The molecule has 0 aliphatic carbocycles. The molecule has 1 atom stereocenters. The highest BCUT2D eigenvalue weighted by Crippen LogP contribution is 2.27. The molecule has 0 aliphatic rings. The van der Waals surface area contributed by atoms with E-state index in [1.807, 2.05) is 13.0 Å². The highest BCUT2D eigenvalue weighted by atomic mass is 19.1. The third-order valence-corrected chi connectivity index (χ3v) is 4.45. The molecule has 1 amide bonds. The van der Waals surface area contributed by atoms with E-state index < -0.39 is 23.8 Å². The van der Waals surface area contributed by atoms with Crippen LogP contribution in [0.1, 0.15) is 22.8 Å². The molecule has 0 saturated carbocycles. The lowest BCUT2D eigenvalue weighted by Gasteiger charge is -2.18. The van der Waals surface area contributed by atoms with E-state index in [1.165, 1.54) is 31.4 Å². The summed E-state index contributed by atoms with van der Waals surface area (Å²) < 4.78 is 24.1. The molecule has 0 saturated heterocycles. The van der Waals surface area contributed by atoms with Gasteiger partial charge in [-0.05, 0) is 48.4 Å². The zero-order chi connectivity index (χ0) is 22.2. The van der Waals surface area contributed by atoms with Crippen molar-refractivity contribution in [3.63, 3.8) is 0 Å². The number of amides is 1. The highest BCUT2D eigenvalue weighted by molar-refractivity contribution is 5.98. The van der Waals surface area contributed by atoms with Gasteiger partial charge in [0.15, 0.2) is 0 Å². The van der Waals surface area contributed by atoms with Crippen molar-refractivity contribution < 1.29 is 23.5 Å². The molecule has 0 unspecified atom stereocenters. The summed E-state index contributed by atoms with van der Waals surface area (Å²) in [5.41, 5.74) is 2.42. The minimum atomic E-state index is -1.18. The summed E-state index contributed by atoms with van der Waals surface area (Å²) in [6, 6.07) is 19.9. The summed E-state index contributed by atoms with van der Waals surface area (Å²) >= 11 is 0. The Kier molecular flexibility index (Phi) is 7.17. The van der Waals surface area contributed by atoms with E-state index in [4.69, 9.17) is 9.47 Å². The number of hydrogen-bond donors (Lipinski definition) is 1. The van der Waals surface area contributed by atoms with Gasteiger partial charge in [-0.3, -0.25) is 4.79 Å². The van der Waals surface area contributed by atoms with E-state index in [9.17, 15) is 14.0 Å². The number of methoxy groups -OCH3 is 1. The van der Waals surface area contributed by atoms with Crippen LogP contribution in [0.4, 0.5) is 10.1 Å². The number of ether oxygens (including phenoxy) is 2. The van der Waals surface area contributed by atoms with Crippen molar-refractivity contribution in [1.82, 2.24) is 0 Å². The Morgan fingerprint density at radius 1 is 1.00 bits per heavy atom. The number of aryl methyl sites for hydroxylation is 1. The predicted molar refractivity (Wildman–Crippen MR) is 117 cm³/mol. The van der Waals surface area contributed by atoms with E-state index in [-0.39, 0.29) is 0 Å². The monoisotopic (exact) mass is 419 g/mol. The molecule has 0 heterocycles. The van der Waals surface area contributed by atoms with E-state index >= 15 is 0 Å². The molecule has 0 aliphatic heterocycles. The number of anilines is 1. The van der Waals surface area contributed by atoms with Crippen LogP contribution in [-0.2, 0) is 14.3 Å². The Bertz CT molecular complexity index is 1100. The third kappa shape index (κ3) is 6.02. The SMILES string of the molecule is COc1ccc(C)cc1NC(=O)[C@@H](OC(=O)/C=C/c1cccc(F)c1)c1ccccc1. The molecule has 1 N–H and O–H groups in total. The van der Waals surface area contributed by atoms with Gasteiger partial charge in [-0.2, -0.15) is 0 Å². The van der Waals surface area contributed by atoms with Crippen LogP contribution in [0, 0.1) is 12.7 Å². The van der Waals surface area contributed by atoms with E-state index in [0.717, 1.165) is 11.6 Å². The van der Waals surface area contributed by atoms with Gasteiger partial charge in [0.05, 0.1) is 12.8 Å². The molecule has 6 heteroatoms. The minimum absolute atomic E-state index is 0.413. The van der Waals surface area contributed by atoms with Crippen LogP contribution in [-0.4, -0.2) is 19.0 Å². The summed E-state index contributed by atoms with van der Waals surface area (Å²) in [6.45, 7) is 1.89. The third-order valence-electron chi connectivity index (χ3n) is 4.45. The van der Waals surface area contributed by atoms with Crippen molar-refractivity contribution in [3.8, 4) is 5.75 Å². The lowest BCUT2D eigenvalue weighted by molar-refractivity contribution is -0.149. The molecule has 0 bridgehead atoms. The Balaban J connectivity index is 1.81. The number of rotatable bonds is 7. The second-order valence-electron chi connectivity index (χ2n) is 6.81. The minimum Gasteiger partial charge on any atom is -0.495 e. The van der Waals surface area contributed by atoms with Crippen molar-refractivity contribution in [2.45, 2.75) is 13.0 Å². The Morgan fingerprint density at radius 3 is 2.48 bits per heavy atom. The number of carbonyl (C=O) groups is 2. The Labute approximate surface area is 180 Å². The summed E-state index contributed by atoms with van der Waals surface area (Å²) in [5.74, 6) is -1.18. The van der Waals surface area contributed by atoms with Crippen LogP contribution >= 0.6 is 0 Å². The molecule has 0 radical (unpaired) electrons. The van der Waals surface area contributed by atoms with Crippen molar-refractivity contribution >= 4 is 23.6 Å². The number of benzene rings is 3. The topological polar surface area (TPSA) is 64.6 Å². The maximum Gasteiger partial charge on any atom is 0.331 e. The first-order chi connectivity index (χ1) is 15.0. The van der Waals surface area contributed by atoms with Crippen molar-refractivity contribution in [3.05, 3.63) is 101 Å². The smallest absolute Gasteiger partial charge is 0.331 e. The van der Waals surface area contributed by atoms with E-state index in [0.29, 0.717) is 22.6 Å². The van der Waals surface area contributed by atoms with Crippen LogP contribution in [0.3, 0.4) is 0 Å². The normalized spacial score (nSPS) is 11.7. The molecule has 3 aromatic rings. The fourth-order valence-electron chi connectivity index (χ4n) is 2.95. The molecule has 3 aromatic carbocycles. The zero-order valence-corrected chi connectivity index (χ0v) is 17.2. The van der Waals surface area contributed by atoms with Gasteiger partial charge in [0.2, 0.25) is 6.10 Å². The van der Waals surface area contributed by atoms with Crippen molar-refractivity contribution in [2.24, 2.45) is 0 Å². The first-order valence-corrected chi connectivity index (χ1v) is 9.61. The van der Waals surface area contributed by atoms with Gasteiger partial charge in [-0.1, -0.05) is 48.5 Å². The van der Waals surface area contributed by atoms with Gasteiger partial charge in [0.1, 0.15) is 11.6 Å². The highest BCUT2D eigenvalue weighted by Gasteiger charge is 2.25. The number of hydrogen-bond acceptors (Lipinski definition) is 4. The second-order valence-corrected chi connectivity index (χ2v) is 6.81. The fraction of sp³-hybridized carbons (Fsp3) is 0.120. The van der Waals surface area contributed by atoms with Crippen LogP contribution in [0.25, 0.3) is 6.08 Å².